The number of carbonyl (C=O) groups excluding carboxylic acids is 2. The number of amides is 1. The molecule has 1 N–H and O–H groups in total. The molecule has 2 heterocycles. The third-order valence-corrected chi connectivity index (χ3v) is 5.25. The number of carbonyl (C=O) groups is 2. The first-order valence-electron chi connectivity index (χ1n) is 10.2. The van der Waals surface area contributed by atoms with E-state index >= 15 is 0 Å². The van der Waals surface area contributed by atoms with Gasteiger partial charge in [-0.15, -0.1) is 0 Å². The number of para-hydroxylation sites is 1. The molecule has 0 fully saturated rings. The average molecular weight is 407 g/mol. The van der Waals surface area contributed by atoms with Gasteiger partial charge in [0.25, 0.3) is 5.91 Å². The number of esters is 1. The van der Waals surface area contributed by atoms with Gasteiger partial charge >= 0.3 is 5.97 Å². The van der Waals surface area contributed by atoms with Crippen LogP contribution in [0.15, 0.2) is 34.9 Å². The van der Waals surface area contributed by atoms with E-state index in [1.807, 2.05) is 45.0 Å². The molecule has 0 aliphatic heterocycles. The fourth-order valence-electron chi connectivity index (χ4n) is 3.67. The highest BCUT2D eigenvalue weighted by Crippen LogP contribution is 2.30. The molecule has 1 amide bonds. The third kappa shape index (κ3) is 4.06. The summed E-state index contributed by atoms with van der Waals surface area (Å²) in [5, 5.41) is 7.30. The highest BCUT2D eigenvalue weighted by molar-refractivity contribution is 6.06. The Labute approximate surface area is 174 Å². The summed E-state index contributed by atoms with van der Waals surface area (Å²) in [6, 6.07) is 9.21. The van der Waals surface area contributed by atoms with Crippen LogP contribution >= 0.6 is 0 Å². The largest absolute Gasteiger partial charge is 0.452 e. The van der Waals surface area contributed by atoms with Crippen LogP contribution in [0.25, 0.3) is 10.9 Å². The van der Waals surface area contributed by atoms with Gasteiger partial charge in [-0.05, 0) is 37.3 Å². The zero-order chi connectivity index (χ0) is 21.3. The van der Waals surface area contributed by atoms with Crippen LogP contribution in [0.5, 0.6) is 0 Å². The topological polar surface area (TPSA) is 94.3 Å². The van der Waals surface area contributed by atoms with E-state index in [1.54, 1.807) is 6.07 Å². The second-order valence-electron chi connectivity index (χ2n) is 8.59. The Balaban J connectivity index is 1.50. The maximum Gasteiger partial charge on any atom is 0.339 e. The fourth-order valence-corrected chi connectivity index (χ4v) is 3.67. The van der Waals surface area contributed by atoms with Crippen LogP contribution in [-0.4, -0.2) is 28.6 Å². The molecule has 0 saturated heterocycles. The molecular formula is C23H25N3O4. The summed E-state index contributed by atoms with van der Waals surface area (Å²) in [4.78, 5) is 30.0. The Morgan fingerprint density at radius 1 is 1.17 bits per heavy atom. The van der Waals surface area contributed by atoms with Crippen molar-refractivity contribution in [1.29, 1.82) is 0 Å². The van der Waals surface area contributed by atoms with Crippen molar-refractivity contribution >= 4 is 28.7 Å². The maximum atomic E-state index is 13.0. The minimum Gasteiger partial charge on any atom is -0.452 e. The molecule has 1 aliphatic rings. The third-order valence-electron chi connectivity index (χ3n) is 5.25. The lowest BCUT2D eigenvalue weighted by Crippen LogP contribution is -2.22. The molecule has 2 aromatic heterocycles. The normalized spacial score (nSPS) is 13.7. The van der Waals surface area contributed by atoms with Crippen molar-refractivity contribution in [2.75, 3.05) is 11.9 Å². The van der Waals surface area contributed by atoms with Gasteiger partial charge in [0.15, 0.2) is 6.61 Å². The highest BCUT2D eigenvalue weighted by atomic mass is 16.5. The van der Waals surface area contributed by atoms with E-state index in [-0.39, 0.29) is 11.3 Å². The number of anilines is 1. The Bertz CT molecular complexity index is 1110. The van der Waals surface area contributed by atoms with Crippen molar-refractivity contribution in [2.24, 2.45) is 0 Å². The second-order valence-corrected chi connectivity index (χ2v) is 8.59. The van der Waals surface area contributed by atoms with Crippen molar-refractivity contribution in [3.63, 3.8) is 0 Å². The second kappa shape index (κ2) is 7.89. The number of rotatable bonds is 4. The smallest absolute Gasteiger partial charge is 0.339 e. The van der Waals surface area contributed by atoms with Crippen LogP contribution in [-0.2, 0) is 27.8 Å². The zero-order valence-corrected chi connectivity index (χ0v) is 17.4. The first kappa shape index (κ1) is 20.1. The van der Waals surface area contributed by atoms with Crippen molar-refractivity contribution < 1.29 is 18.8 Å². The molecule has 0 atom stereocenters. The number of aromatic nitrogens is 2. The number of benzene rings is 1. The summed E-state index contributed by atoms with van der Waals surface area (Å²) in [6.07, 6.45) is 3.71. The number of nitrogens with one attached hydrogen (secondary N) is 1. The molecule has 7 heteroatoms. The van der Waals surface area contributed by atoms with Crippen LogP contribution in [0.3, 0.4) is 0 Å². The minimum atomic E-state index is -0.505. The number of hydrogen-bond donors (Lipinski definition) is 1. The van der Waals surface area contributed by atoms with Crippen molar-refractivity contribution in [3.8, 4) is 0 Å². The summed E-state index contributed by atoms with van der Waals surface area (Å²) < 4.78 is 10.5. The van der Waals surface area contributed by atoms with Crippen molar-refractivity contribution in [1.82, 2.24) is 10.1 Å². The van der Waals surface area contributed by atoms with E-state index in [1.165, 1.54) is 0 Å². The number of hydrogen-bond acceptors (Lipinski definition) is 6. The molecule has 0 bridgehead atoms. The van der Waals surface area contributed by atoms with E-state index in [2.05, 4.69) is 10.5 Å². The number of nitrogens with zero attached hydrogens (tertiary/aromatic N) is 2. The van der Waals surface area contributed by atoms with E-state index in [4.69, 9.17) is 14.2 Å². The lowest BCUT2D eigenvalue weighted by molar-refractivity contribution is -0.119. The van der Waals surface area contributed by atoms with Gasteiger partial charge in [-0.2, -0.15) is 0 Å². The zero-order valence-electron chi connectivity index (χ0n) is 17.4. The first-order chi connectivity index (χ1) is 14.3. The van der Waals surface area contributed by atoms with Gasteiger partial charge in [0, 0.05) is 22.6 Å². The maximum absolute atomic E-state index is 13.0. The molecule has 156 valence electrons. The van der Waals surface area contributed by atoms with Crippen LogP contribution in [0, 0.1) is 0 Å². The molecule has 3 aromatic rings. The Morgan fingerprint density at radius 3 is 2.70 bits per heavy atom. The van der Waals surface area contributed by atoms with Gasteiger partial charge in [-0.25, -0.2) is 4.79 Å². The molecule has 0 spiro atoms. The number of pyridine rings is 1. The summed E-state index contributed by atoms with van der Waals surface area (Å²) in [6.45, 7) is 5.59. The van der Waals surface area contributed by atoms with Gasteiger partial charge in [-0.3, -0.25) is 15.1 Å². The van der Waals surface area contributed by atoms with E-state index < -0.39 is 18.5 Å². The van der Waals surface area contributed by atoms with Crippen molar-refractivity contribution in [3.05, 3.63) is 52.8 Å². The number of fused-ring (bicyclic) bond motifs is 2. The predicted octanol–water partition coefficient (Wildman–Crippen LogP) is 4.19. The SMILES string of the molecule is CC(C)(C)c1cc(NC(=O)COC(=O)c2c3c(nc4ccccc24)CCCC3)on1. The molecule has 1 aliphatic carbocycles. The Hall–Kier alpha value is -3.22. The molecule has 7 nitrogen and oxygen atoms in total. The lowest BCUT2D eigenvalue weighted by atomic mass is 9.90. The Kier molecular flexibility index (Phi) is 5.28. The van der Waals surface area contributed by atoms with Gasteiger partial charge < -0.3 is 9.26 Å². The van der Waals surface area contributed by atoms with E-state index in [0.717, 1.165) is 53.5 Å². The fraction of sp³-hybridized carbons (Fsp3) is 0.391. The molecule has 4 rings (SSSR count). The minimum absolute atomic E-state index is 0.194. The van der Waals surface area contributed by atoms with Crippen LogP contribution < -0.4 is 5.32 Å². The summed E-state index contributed by atoms with van der Waals surface area (Å²) in [5.74, 6) is -0.755. The molecule has 30 heavy (non-hydrogen) atoms. The van der Waals surface area contributed by atoms with Crippen LogP contribution in [0.4, 0.5) is 5.88 Å². The quantitative estimate of drug-likeness (QED) is 0.652. The molecule has 1 aromatic carbocycles. The first-order valence-corrected chi connectivity index (χ1v) is 10.2. The molecule has 0 radical (unpaired) electrons. The van der Waals surface area contributed by atoms with E-state index in [0.29, 0.717) is 5.56 Å². The van der Waals surface area contributed by atoms with Gasteiger partial charge in [-0.1, -0.05) is 44.1 Å². The van der Waals surface area contributed by atoms with Gasteiger partial charge in [0.05, 0.1) is 16.8 Å². The molecular weight excluding hydrogens is 382 g/mol. The van der Waals surface area contributed by atoms with Gasteiger partial charge in [0.1, 0.15) is 0 Å². The lowest BCUT2D eigenvalue weighted by Gasteiger charge is -2.19. The van der Waals surface area contributed by atoms with Crippen LogP contribution in [0.1, 0.15) is 60.9 Å². The standard InChI is InChI=1S/C23H25N3O4/c1-23(2,3)18-12-20(30-26-18)25-19(27)13-29-22(28)21-14-8-4-6-10-16(14)24-17-11-7-5-9-15(17)21/h4,6,8,10,12H,5,7,9,11,13H2,1-3H3,(H,25,27). The van der Waals surface area contributed by atoms with E-state index in [9.17, 15) is 9.59 Å². The van der Waals surface area contributed by atoms with Crippen molar-refractivity contribution in [2.45, 2.75) is 51.9 Å². The highest BCUT2D eigenvalue weighted by Gasteiger charge is 2.24. The molecule has 0 saturated carbocycles. The summed E-state index contributed by atoms with van der Waals surface area (Å²) in [5.41, 5.74) is 3.72. The summed E-state index contributed by atoms with van der Waals surface area (Å²) in [7, 11) is 0. The monoisotopic (exact) mass is 407 g/mol. The average Bonchev–Trinajstić information content (AvgIpc) is 3.19. The summed E-state index contributed by atoms with van der Waals surface area (Å²) >= 11 is 0. The Morgan fingerprint density at radius 2 is 1.93 bits per heavy atom. The molecule has 0 unspecified atom stereocenters. The van der Waals surface area contributed by atoms with Crippen LogP contribution in [0.2, 0.25) is 0 Å². The predicted molar refractivity (Wildman–Crippen MR) is 113 cm³/mol. The van der Waals surface area contributed by atoms with Gasteiger partial charge in [0.2, 0.25) is 5.88 Å². The number of ether oxygens (including phenoxy) is 1. The number of aryl methyl sites for hydroxylation is 1.